The fraction of sp³-hybridized carbons (Fsp3) is 0.250. The van der Waals surface area contributed by atoms with Gasteiger partial charge < -0.3 is 5.11 Å². The van der Waals surface area contributed by atoms with Gasteiger partial charge in [0.25, 0.3) is 10.0 Å². The van der Waals surface area contributed by atoms with Crippen LogP contribution in [-0.2, 0) is 15.6 Å². The van der Waals surface area contributed by atoms with Crippen LogP contribution in [0.1, 0.15) is 25.0 Å². The lowest BCUT2D eigenvalue weighted by molar-refractivity contribution is -0.248. The third-order valence-electron chi connectivity index (χ3n) is 5.24. The van der Waals surface area contributed by atoms with E-state index in [4.69, 9.17) is 34.8 Å². The summed E-state index contributed by atoms with van der Waals surface area (Å²) in [6.45, 7) is 3.60. The average molecular weight is 567 g/mol. The summed E-state index contributed by atoms with van der Waals surface area (Å²) in [4.78, 5) is -0.232. The number of sulfonamides is 1. The quantitative estimate of drug-likeness (QED) is 0.327. The molecule has 3 aromatic rings. The smallest absolute Gasteiger partial charge is 0.372 e. The minimum absolute atomic E-state index is 0.0191. The number of halogens is 6. The van der Waals surface area contributed by atoms with Crippen molar-refractivity contribution in [1.29, 1.82) is 0 Å². The van der Waals surface area contributed by atoms with Crippen molar-refractivity contribution in [3.8, 4) is 0 Å². The van der Waals surface area contributed by atoms with Gasteiger partial charge in [-0.1, -0.05) is 72.9 Å². The Morgan fingerprint density at radius 2 is 1.34 bits per heavy atom. The normalized spacial score (nSPS) is 14.1. The number of benzene rings is 3. The van der Waals surface area contributed by atoms with Gasteiger partial charge in [-0.25, -0.2) is 8.42 Å². The molecule has 0 aromatic heterocycles. The van der Waals surface area contributed by atoms with E-state index in [0.717, 1.165) is 28.6 Å². The molecule has 0 radical (unpaired) electrons. The molecule has 0 fully saturated rings. The van der Waals surface area contributed by atoms with E-state index in [2.05, 4.69) is 0 Å². The van der Waals surface area contributed by atoms with E-state index in [9.17, 15) is 26.7 Å². The van der Waals surface area contributed by atoms with Gasteiger partial charge in [0.2, 0.25) is 5.60 Å². The van der Waals surface area contributed by atoms with Gasteiger partial charge in [-0.05, 0) is 59.5 Å². The summed E-state index contributed by atoms with van der Waals surface area (Å²) in [5.74, 6) is -0.136. The number of rotatable bonds is 7. The molecule has 3 aromatic carbocycles. The summed E-state index contributed by atoms with van der Waals surface area (Å²) in [5, 5.41) is 11.2. The second kappa shape index (κ2) is 10.2. The van der Waals surface area contributed by atoms with Crippen molar-refractivity contribution in [3.05, 3.63) is 92.9 Å². The standard InChI is InChI=1S/C24H21Cl3F3NO3S/c1-15(2)14-31(35(33,34)22-13-19(26)9-12-21(22)27)20-10-5-17(6-11-20)23(32,24(28,29)30)16-3-7-18(25)8-4-16/h3-13,15,32H,14H2,1-2H3. The third kappa shape index (κ3) is 5.57. The van der Waals surface area contributed by atoms with Gasteiger partial charge in [0.05, 0.1) is 10.7 Å². The van der Waals surface area contributed by atoms with Crippen molar-refractivity contribution in [2.45, 2.75) is 30.5 Å². The highest BCUT2D eigenvalue weighted by Crippen LogP contribution is 2.45. The van der Waals surface area contributed by atoms with E-state index in [1.54, 1.807) is 13.8 Å². The Kier molecular flexibility index (Phi) is 8.04. The second-order valence-electron chi connectivity index (χ2n) is 8.27. The second-order valence-corrected chi connectivity index (χ2v) is 11.4. The maximum atomic E-state index is 14.1. The summed E-state index contributed by atoms with van der Waals surface area (Å²) in [6.07, 6.45) is -5.07. The van der Waals surface area contributed by atoms with Gasteiger partial charge in [0, 0.05) is 16.6 Å². The van der Waals surface area contributed by atoms with Gasteiger partial charge in [-0.3, -0.25) is 4.31 Å². The Hall–Kier alpha value is -1.97. The van der Waals surface area contributed by atoms with Crippen LogP contribution in [0, 0.1) is 5.92 Å². The zero-order chi connectivity index (χ0) is 26.2. The van der Waals surface area contributed by atoms with Crippen LogP contribution in [0.25, 0.3) is 0 Å². The summed E-state index contributed by atoms with van der Waals surface area (Å²) >= 11 is 17.9. The molecule has 1 atom stereocenters. The van der Waals surface area contributed by atoms with Gasteiger partial charge in [0.15, 0.2) is 0 Å². The van der Waals surface area contributed by atoms with E-state index in [1.165, 1.54) is 42.5 Å². The molecule has 0 aliphatic heterocycles. The summed E-state index contributed by atoms with van der Waals surface area (Å²) in [7, 11) is -4.22. The van der Waals surface area contributed by atoms with Gasteiger partial charge in [0.1, 0.15) is 4.90 Å². The molecule has 0 heterocycles. The molecule has 0 aliphatic carbocycles. The summed E-state index contributed by atoms with van der Waals surface area (Å²) in [5.41, 5.74) is -4.16. The topological polar surface area (TPSA) is 57.6 Å². The monoisotopic (exact) mass is 565 g/mol. The molecule has 0 amide bonds. The fourth-order valence-electron chi connectivity index (χ4n) is 3.52. The molecule has 0 saturated heterocycles. The molecule has 0 saturated carbocycles. The van der Waals surface area contributed by atoms with Crippen LogP contribution < -0.4 is 4.31 Å². The molecule has 0 bridgehead atoms. The largest absolute Gasteiger partial charge is 0.425 e. The predicted molar refractivity (Wildman–Crippen MR) is 133 cm³/mol. The van der Waals surface area contributed by atoms with Crippen LogP contribution in [0.3, 0.4) is 0 Å². The highest BCUT2D eigenvalue weighted by atomic mass is 35.5. The first-order valence-electron chi connectivity index (χ1n) is 10.3. The minimum atomic E-state index is -5.07. The van der Waals surface area contributed by atoms with Crippen molar-refractivity contribution in [1.82, 2.24) is 0 Å². The fourth-order valence-corrected chi connectivity index (χ4v) is 6.02. The van der Waals surface area contributed by atoms with Crippen molar-refractivity contribution in [3.63, 3.8) is 0 Å². The Bertz CT molecular complexity index is 1300. The lowest BCUT2D eigenvalue weighted by atomic mass is 9.85. The van der Waals surface area contributed by atoms with Crippen molar-refractivity contribution in [2.75, 3.05) is 10.8 Å². The number of alkyl halides is 3. The van der Waals surface area contributed by atoms with Crippen LogP contribution in [0.15, 0.2) is 71.6 Å². The van der Waals surface area contributed by atoms with Crippen molar-refractivity contribution < 1.29 is 26.7 Å². The van der Waals surface area contributed by atoms with Crippen LogP contribution in [0.5, 0.6) is 0 Å². The Morgan fingerprint density at radius 3 is 1.83 bits per heavy atom. The molecular formula is C24H21Cl3F3NO3S. The van der Waals surface area contributed by atoms with Crippen molar-refractivity contribution >= 4 is 50.5 Å². The molecule has 3 rings (SSSR count). The molecule has 1 unspecified atom stereocenters. The number of anilines is 1. The third-order valence-corrected chi connectivity index (χ3v) is 8.00. The first kappa shape index (κ1) is 27.6. The van der Waals surface area contributed by atoms with Crippen molar-refractivity contribution in [2.24, 2.45) is 5.92 Å². The number of hydrogen-bond acceptors (Lipinski definition) is 3. The highest BCUT2D eigenvalue weighted by Gasteiger charge is 2.56. The molecule has 35 heavy (non-hydrogen) atoms. The zero-order valence-electron chi connectivity index (χ0n) is 18.5. The van der Waals surface area contributed by atoms with Gasteiger partial charge in [-0.2, -0.15) is 13.2 Å². The first-order valence-corrected chi connectivity index (χ1v) is 12.9. The van der Waals surface area contributed by atoms with E-state index >= 15 is 0 Å². The van der Waals surface area contributed by atoms with Crippen LogP contribution in [-0.4, -0.2) is 26.2 Å². The highest BCUT2D eigenvalue weighted by molar-refractivity contribution is 7.93. The SMILES string of the molecule is CC(C)CN(c1ccc(C(O)(c2ccc(Cl)cc2)C(F)(F)F)cc1)S(=O)(=O)c1cc(Cl)ccc1Cl. The van der Waals surface area contributed by atoms with E-state index < -0.39 is 32.9 Å². The molecular weight excluding hydrogens is 546 g/mol. The first-order chi connectivity index (χ1) is 16.2. The molecule has 4 nitrogen and oxygen atoms in total. The molecule has 188 valence electrons. The summed E-state index contributed by atoms with van der Waals surface area (Å²) < 4.78 is 70.3. The molecule has 0 aliphatic rings. The maximum absolute atomic E-state index is 14.1. The molecule has 11 heteroatoms. The van der Waals surface area contributed by atoms with Gasteiger partial charge >= 0.3 is 6.18 Å². The van der Waals surface area contributed by atoms with E-state index in [1.807, 2.05) is 0 Å². The lowest BCUT2D eigenvalue weighted by Crippen LogP contribution is -2.43. The van der Waals surface area contributed by atoms with Crippen LogP contribution in [0.2, 0.25) is 15.1 Å². The van der Waals surface area contributed by atoms with Gasteiger partial charge in [-0.15, -0.1) is 0 Å². The number of aliphatic hydroxyl groups is 1. The molecule has 0 spiro atoms. The average Bonchev–Trinajstić information content (AvgIpc) is 2.78. The number of nitrogens with zero attached hydrogens (tertiary/aromatic N) is 1. The minimum Gasteiger partial charge on any atom is -0.372 e. The lowest BCUT2D eigenvalue weighted by Gasteiger charge is -2.32. The summed E-state index contributed by atoms with van der Waals surface area (Å²) in [6, 6.07) is 13.2. The number of hydrogen-bond donors (Lipinski definition) is 1. The Balaban J connectivity index is 2.12. The molecule has 1 N–H and O–H groups in total. The predicted octanol–water partition coefficient (Wildman–Crippen LogP) is 7.30. The Labute approximate surface area is 216 Å². The Morgan fingerprint density at radius 1 is 0.857 bits per heavy atom. The van der Waals surface area contributed by atoms with E-state index in [-0.39, 0.29) is 38.1 Å². The zero-order valence-corrected chi connectivity index (χ0v) is 21.6. The van der Waals surface area contributed by atoms with Crippen LogP contribution >= 0.6 is 34.8 Å². The van der Waals surface area contributed by atoms with E-state index in [0.29, 0.717) is 0 Å². The van der Waals surface area contributed by atoms with Crippen LogP contribution in [0.4, 0.5) is 18.9 Å². The maximum Gasteiger partial charge on any atom is 0.425 e.